The smallest absolute Gasteiger partial charge is 0.145 e. The molecular formula is C12H11N3S. The molecule has 0 spiro atoms. The second kappa shape index (κ2) is 3.35. The summed E-state index contributed by atoms with van der Waals surface area (Å²) in [7, 11) is 0. The van der Waals surface area contributed by atoms with Gasteiger partial charge in [-0.15, -0.1) is 11.3 Å². The van der Waals surface area contributed by atoms with E-state index in [1.54, 1.807) is 11.3 Å². The SMILES string of the molecule is Cc1cccc2cc(-c3cc(N)n[nH]3)sc12. The number of thiophene rings is 1. The van der Waals surface area contributed by atoms with Gasteiger partial charge in [-0.25, -0.2) is 0 Å². The molecule has 0 bridgehead atoms. The number of hydrogen-bond donors (Lipinski definition) is 2. The summed E-state index contributed by atoms with van der Waals surface area (Å²) < 4.78 is 1.32. The molecule has 0 fully saturated rings. The fraction of sp³-hybridized carbons (Fsp3) is 0.0833. The van der Waals surface area contributed by atoms with Crippen LogP contribution in [0.2, 0.25) is 0 Å². The zero-order valence-corrected chi connectivity index (χ0v) is 9.64. The second-order valence-corrected chi connectivity index (χ2v) is 4.86. The van der Waals surface area contributed by atoms with Crippen molar-refractivity contribution in [2.45, 2.75) is 6.92 Å². The highest BCUT2D eigenvalue weighted by molar-refractivity contribution is 7.22. The average molecular weight is 229 g/mol. The first-order chi connectivity index (χ1) is 7.74. The van der Waals surface area contributed by atoms with Gasteiger partial charge < -0.3 is 5.73 Å². The molecule has 3 aromatic rings. The molecule has 0 aliphatic carbocycles. The molecule has 3 nitrogen and oxygen atoms in total. The molecule has 3 N–H and O–H groups in total. The lowest BCUT2D eigenvalue weighted by molar-refractivity contribution is 1.11. The van der Waals surface area contributed by atoms with E-state index in [-0.39, 0.29) is 0 Å². The minimum absolute atomic E-state index is 0.532. The molecule has 0 saturated heterocycles. The third-order valence-corrected chi connectivity index (χ3v) is 3.92. The zero-order chi connectivity index (χ0) is 11.1. The Hall–Kier alpha value is -1.81. The quantitative estimate of drug-likeness (QED) is 0.673. The van der Waals surface area contributed by atoms with Crippen LogP contribution >= 0.6 is 11.3 Å². The Bertz CT molecular complexity index is 651. The highest BCUT2D eigenvalue weighted by Crippen LogP contribution is 2.34. The number of H-pyrrole nitrogens is 1. The summed E-state index contributed by atoms with van der Waals surface area (Å²) in [6, 6.07) is 10.4. The Morgan fingerprint density at radius 2 is 2.19 bits per heavy atom. The van der Waals surface area contributed by atoms with E-state index in [9.17, 15) is 0 Å². The molecule has 80 valence electrons. The van der Waals surface area contributed by atoms with E-state index >= 15 is 0 Å². The molecule has 0 unspecified atom stereocenters. The van der Waals surface area contributed by atoms with Gasteiger partial charge in [-0.05, 0) is 23.9 Å². The van der Waals surface area contributed by atoms with Gasteiger partial charge in [-0.2, -0.15) is 5.10 Å². The molecule has 2 aromatic heterocycles. The third-order valence-electron chi connectivity index (χ3n) is 2.60. The average Bonchev–Trinajstić information content (AvgIpc) is 2.84. The highest BCUT2D eigenvalue weighted by atomic mass is 32.1. The van der Waals surface area contributed by atoms with Gasteiger partial charge in [0.15, 0.2) is 0 Å². The first-order valence-corrected chi connectivity index (χ1v) is 5.86. The van der Waals surface area contributed by atoms with Crippen LogP contribution in [0.15, 0.2) is 30.3 Å². The number of anilines is 1. The number of aromatic amines is 1. The van der Waals surface area contributed by atoms with E-state index in [0.29, 0.717) is 5.82 Å². The van der Waals surface area contributed by atoms with Crippen molar-refractivity contribution in [3.05, 3.63) is 35.9 Å². The van der Waals surface area contributed by atoms with Gasteiger partial charge >= 0.3 is 0 Å². The van der Waals surface area contributed by atoms with Gasteiger partial charge in [-0.3, -0.25) is 5.10 Å². The fourth-order valence-electron chi connectivity index (χ4n) is 1.81. The predicted octanol–water partition coefficient (Wildman–Crippen LogP) is 3.18. The first-order valence-electron chi connectivity index (χ1n) is 5.04. The zero-order valence-electron chi connectivity index (χ0n) is 8.82. The van der Waals surface area contributed by atoms with E-state index in [1.807, 2.05) is 6.07 Å². The number of nitrogens with one attached hydrogen (secondary N) is 1. The number of nitrogens with two attached hydrogens (primary N) is 1. The summed E-state index contributed by atoms with van der Waals surface area (Å²) in [6.07, 6.45) is 0. The molecule has 1 aromatic carbocycles. The normalized spacial score (nSPS) is 11.1. The minimum Gasteiger partial charge on any atom is -0.382 e. The van der Waals surface area contributed by atoms with Crippen LogP contribution in [0.25, 0.3) is 20.7 Å². The number of aryl methyl sites for hydroxylation is 1. The Morgan fingerprint density at radius 3 is 2.88 bits per heavy atom. The predicted molar refractivity (Wildman–Crippen MR) is 68.6 cm³/mol. The van der Waals surface area contributed by atoms with Crippen molar-refractivity contribution in [2.75, 3.05) is 5.73 Å². The van der Waals surface area contributed by atoms with Crippen molar-refractivity contribution >= 4 is 27.2 Å². The van der Waals surface area contributed by atoms with E-state index in [0.717, 1.165) is 5.69 Å². The fourth-order valence-corrected chi connectivity index (χ4v) is 2.90. The summed E-state index contributed by atoms with van der Waals surface area (Å²) in [4.78, 5) is 1.17. The maximum absolute atomic E-state index is 5.60. The summed E-state index contributed by atoms with van der Waals surface area (Å²) in [5.74, 6) is 0.532. The standard InChI is InChI=1S/C12H11N3S/c1-7-3-2-4-8-5-10(16-12(7)8)9-6-11(13)15-14-9/h2-6H,1H3,(H3,13,14,15). The maximum atomic E-state index is 5.60. The van der Waals surface area contributed by atoms with Crippen molar-refractivity contribution in [3.8, 4) is 10.6 Å². The van der Waals surface area contributed by atoms with E-state index in [1.165, 1.54) is 20.5 Å². The van der Waals surface area contributed by atoms with Crippen molar-refractivity contribution in [1.29, 1.82) is 0 Å². The molecule has 0 radical (unpaired) electrons. The maximum Gasteiger partial charge on any atom is 0.145 e. The summed E-state index contributed by atoms with van der Waals surface area (Å²) in [5, 5.41) is 8.15. The van der Waals surface area contributed by atoms with Gasteiger partial charge in [0.25, 0.3) is 0 Å². The number of nitrogens with zero attached hydrogens (tertiary/aromatic N) is 1. The van der Waals surface area contributed by atoms with Crippen LogP contribution in [0.1, 0.15) is 5.56 Å². The van der Waals surface area contributed by atoms with Crippen LogP contribution in [0.3, 0.4) is 0 Å². The van der Waals surface area contributed by atoms with Gasteiger partial charge in [0, 0.05) is 10.8 Å². The van der Waals surface area contributed by atoms with Crippen LogP contribution in [-0.2, 0) is 0 Å². The summed E-state index contributed by atoms with van der Waals surface area (Å²) >= 11 is 1.76. The highest BCUT2D eigenvalue weighted by Gasteiger charge is 2.07. The van der Waals surface area contributed by atoms with Crippen LogP contribution in [0.5, 0.6) is 0 Å². The topological polar surface area (TPSA) is 54.7 Å². The monoisotopic (exact) mass is 229 g/mol. The molecular weight excluding hydrogens is 218 g/mol. The summed E-state index contributed by atoms with van der Waals surface area (Å²) in [5.41, 5.74) is 7.89. The molecule has 0 amide bonds. The Kier molecular flexibility index (Phi) is 1.97. The Balaban J connectivity index is 2.22. The van der Waals surface area contributed by atoms with Crippen LogP contribution in [-0.4, -0.2) is 10.2 Å². The molecule has 0 aliphatic rings. The molecule has 4 heteroatoms. The number of benzene rings is 1. The van der Waals surface area contributed by atoms with Crippen molar-refractivity contribution < 1.29 is 0 Å². The van der Waals surface area contributed by atoms with Gasteiger partial charge in [0.2, 0.25) is 0 Å². The molecule has 0 atom stereocenters. The molecule has 0 aliphatic heterocycles. The number of hydrogen-bond acceptors (Lipinski definition) is 3. The lowest BCUT2D eigenvalue weighted by atomic mass is 10.2. The Labute approximate surface area is 96.9 Å². The van der Waals surface area contributed by atoms with Gasteiger partial charge in [-0.1, -0.05) is 18.2 Å². The van der Waals surface area contributed by atoms with Crippen LogP contribution < -0.4 is 5.73 Å². The minimum atomic E-state index is 0.532. The van der Waals surface area contributed by atoms with Crippen molar-refractivity contribution in [2.24, 2.45) is 0 Å². The Morgan fingerprint density at radius 1 is 1.31 bits per heavy atom. The number of fused-ring (bicyclic) bond motifs is 1. The van der Waals surface area contributed by atoms with E-state index < -0.39 is 0 Å². The lowest BCUT2D eigenvalue weighted by Crippen LogP contribution is -1.81. The van der Waals surface area contributed by atoms with Crippen molar-refractivity contribution in [1.82, 2.24) is 10.2 Å². The number of rotatable bonds is 1. The van der Waals surface area contributed by atoms with E-state index in [4.69, 9.17) is 5.73 Å². The number of aromatic nitrogens is 2. The second-order valence-electron chi connectivity index (χ2n) is 3.81. The van der Waals surface area contributed by atoms with E-state index in [2.05, 4.69) is 41.4 Å². The molecule has 3 rings (SSSR count). The van der Waals surface area contributed by atoms with Gasteiger partial charge in [0.05, 0.1) is 10.6 Å². The molecule has 16 heavy (non-hydrogen) atoms. The lowest BCUT2D eigenvalue weighted by Gasteiger charge is -1.91. The van der Waals surface area contributed by atoms with Crippen LogP contribution in [0, 0.1) is 6.92 Å². The van der Waals surface area contributed by atoms with Crippen molar-refractivity contribution in [3.63, 3.8) is 0 Å². The molecule has 0 saturated carbocycles. The summed E-state index contributed by atoms with van der Waals surface area (Å²) in [6.45, 7) is 2.13. The third kappa shape index (κ3) is 1.39. The molecule has 2 heterocycles. The number of nitrogen functional groups attached to an aromatic ring is 1. The largest absolute Gasteiger partial charge is 0.382 e. The first kappa shape index (κ1) is 9.42. The van der Waals surface area contributed by atoms with Crippen LogP contribution in [0.4, 0.5) is 5.82 Å². The van der Waals surface area contributed by atoms with Gasteiger partial charge in [0.1, 0.15) is 5.82 Å².